The molecular weight excluding hydrogens is 278 g/mol. The smallest absolute Gasteiger partial charge is 0.275 e. The van der Waals surface area contributed by atoms with Crippen molar-refractivity contribution in [3.8, 4) is 5.75 Å². The van der Waals surface area contributed by atoms with Crippen LogP contribution >= 0.6 is 11.6 Å². The molecule has 2 rings (SSSR count). The molecule has 6 heteroatoms. The van der Waals surface area contributed by atoms with Crippen molar-refractivity contribution in [3.63, 3.8) is 0 Å². The molecule has 1 aromatic heterocycles. The van der Waals surface area contributed by atoms with Gasteiger partial charge in [-0.05, 0) is 24.6 Å². The number of benzene rings is 1. The monoisotopic (exact) mass is 289 g/mol. The molecule has 0 radical (unpaired) electrons. The Bertz CT molecular complexity index is 671. The highest BCUT2D eigenvalue weighted by Crippen LogP contribution is 2.16. The van der Waals surface area contributed by atoms with Gasteiger partial charge >= 0.3 is 0 Å². The number of pyridine rings is 1. The van der Waals surface area contributed by atoms with E-state index in [0.29, 0.717) is 10.6 Å². The molecule has 20 heavy (non-hydrogen) atoms. The summed E-state index contributed by atoms with van der Waals surface area (Å²) >= 11 is 6.03. The molecule has 0 unspecified atom stereocenters. The minimum absolute atomic E-state index is 0.104. The first-order chi connectivity index (χ1) is 9.58. The average molecular weight is 290 g/mol. The molecule has 0 aliphatic rings. The normalized spacial score (nSPS) is 10.7. The van der Waals surface area contributed by atoms with Crippen molar-refractivity contribution in [1.29, 1.82) is 0 Å². The SMILES string of the molecule is Cc1ccc(C=NNC(=O)c2ccncc2O)c(Cl)c1. The number of amides is 1. The lowest BCUT2D eigenvalue weighted by Crippen LogP contribution is -2.17. The van der Waals surface area contributed by atoms with Crippen molar-refractivity contribution < 1.29 is 9.90 Å². The minimum Gasteiger partial charge on any atom is -0.505 e. The van der Waals surface area contributed by atoms with E-state index in [1.54, 1.807) is 12.1 Å². The number of nitrogens with zero attached hydrogens (tertiary/aromatic N) is 2. The average Bonchev–Trinajstić information content (AvgIpc) is 2.41. The zero-order valence-electron chi connectivity index (χ0n) is 10.7. The number of rotatable bonds is 3. The van der Waals surface area contributed by atoms with Crippen LogP contribution in [0.2, 0.25) is 5.02 Å². The van der Waals surface area contributed by atoms with E-state index in [0.717, 1.165) is 5.56 Å². The molecule has 0 aliphatic carbocycles. The van der Waals surface area contributed by atoms with Crippen LogP contribution in [-0.2, 0) is 0 Å². The number of nitrogens with one attached hydrogen (secondary N) is 1. The van der Waals surface area contributed by atoms with E-state index in [-0.39, 0.29) is 11.3 Å². The Kier molecular flexibility index (Phi) is 4.32. The fraction of sp³-hybridized carbons (Fsp3) is 0.0714. The molecule has 0 bridgehead atoms. The molecular formula is C14H12ClN3O2. The van der Waals surface area contributed by atoms with Crippen LogP contribution in [0.5, 0.6) is 5.75 Å². The van der Waals surface area contributed by atoms with Gasteiger partial charge in [0.15, 0.2) is 0 Å². The van der Waals surface area contributed by atoms with Gasteiger partial charge in [-0.2, -0.15) is 5.10 Å². The van der Waals surface area contributed by atoms with Gasteiger partial charge in [0.2, 0.25) is 0 Å². The molecule has 0 atom stereocenters. The molecule has 2 N–H and O–H groups in total. The number of aromatic nitrogens is 1. The zero-order valence-corrected chi connectivity index (χ0v) is 11.4. The van der Waals surface area contributed by atoms with E-state index in [1.807, 2.05) is 13.0 Å². The topological polar surface area (TPSA) is 74.6 Å². The van der Waals surface area contributed by atoms with Crippen LogP contribution in [0, 0.1) is 6.92 Å². The summed E-state index contributed by atoms with van der Waals surface area (Å²) in [6, 6.07) is 6.90. The van der Waals surface area contributed by atoms with Gasteiger partial charge < -0.3 is 5.11 Å². The van der Waals surface area contributed by atoms with Crippen LogP contribution in [0.4, 0.5) is 0 Å². The highest BCUT2D eigenvalue weighted by Gasteiger charge is 2.09. The van der Waals surface area contributed by atoms with Crippen LogP contribution in [-0.4, -0.2) is 22.2 Å². The maximum atomic E-state index is 11.7. The van der Waals surface area contributed by atoms with Crippen LogP contribution in [0.15, 0.2) is 41.8 Å². The minimum atomic E-state index is -0.524. The van der Waals surface area contributed by atoms with E-state index >= 15 is 0 Å². The van der Waals surface area contributed by atoms with Crippen LogP contribution in [0.1, 0.15) is 21.5 Å². The summed E-state index contributed by atoms with van der Waals surface area (Å²) in [4.78, 5) is 15.4. The molecule has 1 aromatic carbocycles. The van der Waals surface area contributed by atoms with Crippen molar-refractivity contribution in [2.24, 2.45) is 5.10 Å². The third kappa shape index (κ3) is 3.33. The van der Waals surface area contributed by atoms with Gasteiger partial charge in [0.05, 0.1) is 18.0 Å². The molecule has 102 valence electrons. The summed E-state index contributed by atoms with van der Waals surface area (Å²) in [5.74, 6) is -0.724. The first-order valence-electron chi connectivity index (χ1n) is 5.80. The molecule has 0 fully saturated rings. The molecule has 0 saturated heterocycles. The van der Waals surface area contributed by atoms with Crippen LogP contribution < -0.4 is 5.43 Å². The molecule has 1 amide bonds. The number of aromatic hydroxyl groups is 1. The van der Waals surface area contributed by atoms with Crippen molar-refractivity contribution in [2.45, 2.75) is 6.92 Å². The van der Waals surface area contributed by atoms with Gasteiger partial charge in [-0.3, -0.25) is 9.78 Å². The van der Waals surface area contributed by atoms with Crippen LogP contribution in [0.25, 0.3) is 0 Å². The maximum absolute atomic E-state index is 11.7. The molecule has 0 spiro atoms. The van der Waals surface area contributed by atoms with E-state index in [1.165, 1.54) is 24.7 Å². The van der Waals surface area contributed by atoms with Gasteiger partial charge in [0, 0.05) is 16.8 Å². The predicted octanol–water partition coefficient (Wildman–Crippen LogP) is 2.51. The van der Waals surface area contributed by atoms with E-state index in [9.17, 15) is 9.90 Å². The lowest BCUT2D eigenvalue weighted by molar-refractivity contribution is 0.0952. The largest absolute Gasteiger partial charge is 0.505 e. The van der Waals surface area contributed by atoms with E-state index in [4.69, 9.17) is 11.6 Å². The number of halogens is 1. The summed E-state index contributed by atoms with van der Waals surface area (Å²) in [5.41, 5.74) is 4.15. The molecule has 5 nitrogen and oxygen atoms in total. The first-order valence-corrected chi connectivity index (χ1v) is 6.18. The van der Waals surface area contributed by atoms with Crippen molar-refractivity contribution in [3.05, 3.63) is 58.4 Å². The summed E-state index contributed by atoms with van der Waals surface area (Å²) in [6.07, 6.45) is 4.04. The van der Waals surface area contributed by atoms with Gasteiger partial charge in [-0.1, -0.05) is 23.7 Å². The summed E-state index contributed by atoms with van der Waals surface area (Å²) in [5, 5.41) is 13.8. The van der Waals surface area contributed by atoms with Crippen LogP contribution in [0.3, 0.4) is 0 Å². The quantitative estimate of drug-likeness (QED) is 0.673. The predicted molar refractivity (Wildman–Crippen MR) is 77.2 cm³/mol. The summed E-state index contributed by atoms with van der Waals surface area (Å²) in [6.45, 7) is 1.93. The highest BCUT2D eigenvalue weighted by atomic mass is 35.5. The molecule has 2 aromatic rings. The van der Waals surface area contributed by atoms with E-state index in [2.05, 4.69) is 15.5 Å². The van der Waals surface area contributed by atoms with Crippen molar-refractivity contribution >= 4 is 23.7 Å². The van der Waals surface area contributed by atoms with Crippen molar-refractivity contribution in [2.75, 3.05) is 0 Å². The van der Waals surface area contributed by atoms with Gasteiger partial charge in [-0.25, -0.2) is 5.43 Å². The lowest BCUT2D eigenvalue weighted by atomic mass is 10.2. The second-order valence-corrected chi connectivity index (χ2v) is 4.52. The Balaban J connectivity index is 2.07. The third-order valence-electron chi connectivity index (χ3n) is 2.57. The summed E-state index contributed by atoms with van der Waals surface area (Å²) < 4.78 is 0. The van der Waals surface area contributed by atoms with Gasteiger partial charge in [0.1, 0.15) is 5.75 Å². The Morgan fingerprint density at radius 3 is 2.95 bits per heavy atom. The maximum Gasteiger partial charge on any atom is 0.275 e. The fourth-order valence-corrected chi connectivity index (χ4v) is 1.82. The number of carbonyl (C=O) groups excluding carboxylic acids is 1. The van der Waals surface area contributed by atoms with E-state index < -0.39 is 5.91 Å². The highest BCUT2D eigenvalue weighted by molar-refractivity contribution is 6.33. The number of hydrogen-bond donors (Lipinski definition) is 2. The van der Waals surface area contributed by atoms with Gasteiger partial charge in [-0.15, -0.1) is 0 Å². The molecule has 0 aliphatic heterocycles. The second kappa shape index (κ2) is 6.16. The number of aryl methyl sites for hydroxylation is 1. The zero-order chi connectivity index (χ0) is 14.5. The third-order valence-corrected chi connectivity index (χ3v) is 2.90. The standard InChI is InChI=1S/C14H12ClN3O2/c1-9-2-3-10(12(15)6-9)7-17-18-14(20)11-4-5-16-8-13(11)19/h2-8,19H,1H3,(H,18,20). The second-order valence-electron chi connectivity index (χ2n) is 4.12. The van der Waals surface area contributed by atoms with Gasteiger partial charge in [0.25, 0.3) is 5.91 Å². The molecule has 1 heterocycles. The Labute approximate surface area is 120 Å². The summed E-state index contributed by atoms with van der Waals surface area (Å²) in [7, 11) is 0. The lowest BCUT2D eigenvalue weighted by Gasteiger charge is -2.02. The number of hydrogen-bond acceptors (Lipinski definition) is 4. The Hall–Kier alpha value is -2.40. The fourth-order valence-electron chi connectivity index (χ4n) is 1.54. The Morgan fingerprint density at radius 2 is 2.25 bits per heavy atom. The first kappa shape index (κ1) is 14.0. The Morgan fingerprint density at radius 1 is 1.45 bits per heavy atom. The number of hydrazone groups is 1. The number of carbonyl (C=O) groups is 1. The molecule has 0 saturated carbocycles. The van der Waals surface area contributed by atoms with Crippen molar-refractivity contribution in [1.82, 2.24) is 10.4 Å².